The van der Waals surface area contributed by atoms with Gasteiger partial charge < -0.3 is 25.1 Å². The van der Waals surface area contributed by atoms with Gasteiger partial charge in [-0.25, -0.2) is 0 Å². The van der Waals surface area contributed by atoms with Crippen molar-refractivity contribution < 1.29 is 13.9 Å². The Kier molecular flexibility index (Phi) is 8.78. The minimum absolute atomic E-state index is 0.113. The third-order valence-corrected chi connectivity index (χ3v) is 5.27. The van der Waals surface area contributed by atoms with E-state index in [0.29, 0.717) is 25.2 Å². The molecule has 1 saturated heterocycles. The van der Waals surface area contributed by atoms with Crippen molar-refractivity contribution in [2.45, 2.75) is 25.8 Å². The number of furan rings is 1. The van der Waals surface area contributed by atoms with Crippen LogP contribution in [-0.2, 0) is 0 Å². The first kappa shape index (κ1) is 22.7. The first-order valence-corrected chi connectivity index (χ1v) is 10.9. The summed E-state index contributed by atoms with van der Waals surface area (Å²) in [7, 11) is 1.60. The van der Waals surface area contributed by atoms with Gasteiger partial charge in [0.2, 0.25) is 0 Å². The summed E-state index contributed by atoms with van der Waals surface area (Å²) in [6.07, 6.45) is 4.15. The molecule has 1 unspecified atom stereocenters. The van der Waals surface area contributed by atoms with E-state index in [1.54, 1.807) is 37.6 Å². The molecular weight excluding hydrogens is 394 g/mol. The van der Waals surface area contributed by atoms with Crippen LogP contribution in [0.25, 0.3) is 0 Å². The molecule has 1 fully saturated rings. The summed E-state index contributed by atoms with van der Waals surface area (Å²) in [6.45, 7) is 6.61. The number of ether oxygens (including phenoxy) is 1. The van der Waals surface area contributed by atoms with E-state index in [0.717, 1.165) is 37.1 Å². The molecule has 8 heteroatoms. The van der Waals surface area contributed by atoms with Gasteiger partial charge in [0.1, 0.15) is 11.5 Å². The van der Waals surface area contributed by atoms with Crippen molar-refractivity contribution in [1.29, 1.82) is 0 Å². The summed E-state index contributed by atoms with van der Waals surface area (Å²) in [5.41, 5.74) is 0.605. The lowest BCUT2D eigenvalue weighted by Gasteiger charge is -2.24. The highest BCUT2D eigenvalue weighted by Gasteiger charge is 2.25. The number of amides is 1. The highest BCUT2D eigenvalue weighted by molar-refractivity contribution is 5.94. The number of benzene rings is 1. The molecule has 3 rings (SSSR count). The maximum atomic E-state index is 12.3. The lowest BCUT2D eigenvalue weighted by molar-refractivity contribution is 0.0954. The Bertz CT molecular complexity index is 814. The second-order valence-electron chi connectivity index (χ2n) is 7.41. The summed E-state index contributed by atoms with van der Waals surface area (Å²) in [6, 6.07) is 11.1. The summed E-state index contributed by atoms with van der Waals surface area (Å²) < 4.78 is 10.8. The first-order chi connectivity index (χ1) is 15.2. The van der Waals surface area contributed by atoms with Crippen LogP contribution in [0.2, 0.25) is 0 Å². The Morgan fingerprint density at radius 3 is 2.52 bits per heavy atom. The van der Waals surface area contributed by atoms with Crippen LogP contribution in [0.1, 0.15) is 41.9 Å². The molecule has 8 nitrogen and oxygen atoms in total. The molecule has 0 bridgehead atoms. The third-order valence-electron chi connectivity index (χ3n) is 5.27. The number of nitrogens with zero attached hydrogens (tertiary/aromatic N) is 2. The summed E-state index contributed by atoms with van der Waals surface area (Å²) >= 11 is 0. The van der Waals surface area contributed by atoms with Crippen LogP contribution < -0.4 is 20.7 Å². The number of likely N-dealkylation sites (tertiary alicyclic amines) is 1. The largest absolute Gasteiger partial charge is 0.497 e. The highest BCUT2D eigenvalue weighted by atomic mass is 16.5. The van der Waals surface area contributed by atoms with Crippen molar-refractivity contribution >= 4 is 11.9 Å². The van der Waals surface area contributed by atoms with Crippen LogP contribution in [0.4, 0.5) is 0 Å². The van der Waals surface area contributed by atoms with Gasteiger partial charge in [-0.05, 0) is 69.3 Å². The first-order valence-electron chi connectivity index (χ1n) is 10.9. The topological polar surface area (TPSA) is 91.1 Å². The average molecular weight is 428 g/mol. The van der Waals surface area contributed by atoms with Gasteiger partial charge in [0.25, 0.3) is 5.91 Å². The molecule has 3 N–H and O–H groups in total. The molecule has 0 aliphatic carbocycles. The number of methoxy groups -OCH3 is 1. The van der Waals surface area contributed by atoms with Crippen molar-refractivity contribution in [2.75, 3.05) is 46.4 Å². The number of nitrogens with one attached hydrogen (secondary N) is 3. The highest BCUT2D eigenvalue weighted by Crippen LogP contribution is 2.25. The zero-order valence-corrected chi connectivity index (χ0v) is 18.4. The van der Waals surface area contributed by atoms with Gasteiger partial charge in [-0.2, -0.15) is 0 Å². The Labute approximate surface area is 184 Å². The van der Waals surface area contributed by atoms with Gasteiger partial charge in [0, 0.05) is 25.2 Å². The molecule has 1 aromatic heterocycles. The van der Waals surface area contributed by atoms with Gasteiger partial charge in [-0.1, -0.05) is 0 Å². The monoisotopic (exact) mass is 427 g/mol. The van der Waals surface area contributed by atoms with E-state index in [-0.39, 0.29) is 11.9 Å². The molecule has 168 valence electrons. The predicted molar refractivity (Wildman–Crippen MR) is 122 cm³/mol. The molecular formula is C23H33N5O3. The van der Waals surface area contributed by atoms with Gasteiger partial charge in [-0.15, -0.1) is 0 Å². The van der Waals surface area contributed by atoms with Crippen LogP contribution in [-0.4, -0.2) is 63.1 Å². The normalized spacial score (nSPS) is 15.5. The minimum Gasteiger partial charge on any atom is -0.497 e. The Morgan fingerprint density at radius 2 is 1.87 bits per heavy atom. The van der Waals surface area contributed by atoms with Crippen LogP contribution >= 0.6 is 0 Å². The van der Waals surface area contributed by atoms with Crippen molar-refractivity contribution in [3.63, 3.8) is 0 Å². The van der Waals surface area contributed by atoms with E-state index in [9.17, 15) is 4.79 Å². The maximum absolute atomic E-state index is 12.3. The smallest absolute Gasteiger partial charge is 0.251 e. The quantitative estimate of drug-likeness (QED) is 0.306. The molecule has 1 atom stereocenters. The summed E-state index contributed by atoms with van der Waals surface area (Å²) in [5, 5.41) is 9.48. The van der Waals surface area contributed by atoms with E-state index in [4.69, 9.17) is 14.1 Å². The number of guanidine groups is 1. The fourth-order valence-corrected chi connectivity index (χ4v) is 3.64. The van der Waals surface area contributed by atoms with Gasteiger partial charge in [-0.3, -0.25) is 14.7 Å². The fourth-order valence-electron chi connectivity index (χ4n) is 3.64. The molecule has 0 spiro atoms. The number of carbonyl (C=O) groups excluding carboxylic acids is 1. The number of hydrogen-bond donors (Lipinski definition) is 3. The lowest BCUT2D eigenvalue weighted by atomic mass is 10.2. The average Bonchev–Trinajstić information content (AvgIpc) is 3.52. The van der Waals surface area contributed by atoms with E-state index in [1.807, 2.05) is 19.1 Å². The van der Waals surface area contributed by atoms with Crippen molar-refractivity contribution in [1.82, 2.24) is 20.9 Å². The zero-order chi connectivity index (χ0) is 21.9. The molecule has 1 aliphatic heterocycles. The SMILES string of the molecule is CCNC(=NCC(c1ccco1)N1CCCC1)NCCNC(=O)c1ccc(OC)cc1. The van der Waals surface area contributed by atoms with Crippen LogP contribution in [0.15, 0.2) is 52.1 Å². The van der Waals surface area contributed by atoms with Crippen LogP contribution in [0.3, 0.4) is 0 Å². The third kappa shape index (κ3) is 6.75. The molecule has 31 heavy (non-hydrogen) atoms. The maximum Gasteiger partial charge on any atom is 0.251 e. The summed E-state index contributed by atoms with van der Waals surface area (Å²) in [4.78, 5) is 19.5. The molecule has 0 saturated carbocycles. The summed E-state index contributed by atoms with van der Waals surface area (Å²) in [5.74, 6) is 2.30. The minimum atomic E-state index is -0.113. The van der Waals surface area contributed by atoms with E-state index < -0.39 is 0 Å². The van der Waals surface area contributed by atoms with Crippen molar-refractivity contribution in [3.05, 3.63) is 54.0 Å². The number of carbonyl (C=O) groups is 1. The van der Waals surface area contributed by atoms with Crippen molar-refractivity contribution in [2.24, 2.45) is 4.99 Å². The molecule has 0 radical (unpaired) electrons. The fraction of sp³-hybridized carbons (Fsp3) is 0.478. The molecule has 1 amide bonds. The molecule has 2 aromatic rings. The number of rotatable bonds is 10. The second kappa shape index (κ2) is 12.0. The van der Waals surface area contributed by atoms with Crippen LogP contribution in [0.5, 0.6) is 5.75 Å². The zero-order valence-electron chi connectivity index (χ0n) is 18.4. The van der Waals surface area contributed by atoms with E-state index in [2.05, 4.69) is 20.9 Å². The standard InChI is InChI=1S/C23H33N5O3/c1-3-24-23(26-13-12-25-22(29)18-8-10-19(30-2)11-9-18)27-17-20(21-7-6-16-31-21)28-14-4-5-15-28/h6-11,16,20H,3-5,12-15,17H2,1-2H3,(H,25,29)(H2,24,26,27). The van der Waals surface area contributed by atoms with Crippen molar-refractivity contribution in [3.8, 4) is 5.75 Å². The van der Waals surface area contributed by atoms with E-state index >= 15 is 0 Å². The Balaban J connectivity index is 1.50. The molecule has 1 aliphatic rings. The van der Waals surface area contributed by atoms with Gasteiger partial charge in [0.15, 0.2) is 5.96 Å². The van der Waals surface area contributed by atoms with Gasteiger partial charge >= 0.3 is 0 Å². The van der Waals surface area contributed by atoms with E-state index in [1.165, 1.54) is 12.8 Å². The Hall–Kier alpha value is -3.00. The van der Waals surface area contributed by atoms with Crippen LogP contribution in [0, 0.1) is 0 Å². The lowest BCUT2D eigenvalue weighted by Crippen LogP contribution is -2.42. The number of aliphatic imine (C=N–C) groups is 1. The Morgan fingerprint density at radius 1 is 1.13 bits per heavy atom. The number of hydrogen-bond acceptors (Lipinski definition) is 5. The second-order valence-corrected chi connectivity index (χ2v) is 7.41. The molecule has 2 heterocycles. The molecule has 1 aromatic carbocycles. The van der Waals surface area contributed by atoms with Gasteiger partial charge in [0.05, 0.1) is 26.0 Å². The predicted octanol–water partition coefficient (Wildman–Crippen LogP) is 2.41.